The van der Waals surface area contributed by atoms with Crippen LogP contribution in [0.5, 0.6) is 0 Å². The number of fused-ring (bicyclic) bond motifs is 1. The second-order valence-electron chi connectivity index (χ2n) is 4.13. The second kappa shape index (κ2) is 4.75. The first kappa shape index (κ1) is 11.8. The molecule has 0 aliphatic carbocycles. The van der Waals surface area contributed by atoms with Gasteiger partial charge in [-0.25, -0.2) is 0 Å². The van der Waals surface area contributed by atoms with Gasteiger partial charge >= 0.3 is 0 Å². The lowest BCUT2D eigenvalue weighted by Crippen LogP contribution is -1.83. The Labute approximate surface area is 119 Å². The van der Waals surface area contributed by atoms with Crippen molar-refractivity contribution < 1.29 is 0 Å². The van der Waals surface area contributed by atoms with Crippen LogP contribution in [-0.4, -0.2) is 0 Å². The molecule has 0 fully saturated rings. The predicted molar refractivity (Wildman–Crippen MR) is 82.1 cm³/mol. The highest BCUT2D eigenvalue weighted by Crippen LogP contribution is 2.37. The quantitative estimate of drug-likeness (QED) is 0.522. The lowest BCUT2D eigenvalue weighted by molar-refractivity contribution is 1.61. The van der Waals surface area contributed by atoms with Crippen molar-refractivity contribution in [2.24, 2.45) is 0 Å². The van der Waals surface area contributed by atoms with Crippen LogP contribution in [0.15, 0.2) is 65.1 Å². The van der Waals surface area contributed by atoms with Gasteiger partial charge in [0.1, 0.15) is 0 Å². The molecular weight excluding hydrogens is 308 g/mol. The Hall–Kier alpha value is -1.31. The SMILES string of the molecule is Clc1cccc(-c2cccc3ccccc23)c1Br. The van der Waals surface area contributed by atoms with Crippen molar-refractivity contribution in [3.05, 3.63) is 70.2 Å². The molecule has 0 atom stereocenters. The van der Waals surface area contributed by atoms with E-state index in [1.165, 1.54) is 16.3 Å². The zero-order chi connectivity index (χ0) is 12.5. The van der Waals surface area contributed by atoms with Crippen LogP contribution in [0.1, 0.15) is 0 Å². The van der Waals surface area contributed by atoms with E-state index in [1.807, 2.05) is 12.1 Å². The van der Waals surface area contributed by atoms with Crippen LogP contribution < -0.4 is 0 Å². The van der Waals surface area contributed by atoms with E-state index in [0.29, 0.717) is 0 Å². The van der Waals surface area contributed by atoms with Crippen molar-refractivity contribution in [2.45, 2.75) is 0 Å². The van der Waals surface area contributed by atoms with Gasteiger partial charge in [0, 0.05) is 4.47 Å². The van der Waals surface area contributed by atoms with Crippen molar-refractivity contribution >= 4 is 38.3 Å². The minimum absolute atomic E-state index is 0.737. The van der Waals surface area contributed by atoms with Gasteiger partial charge in [-0.05, 0) is 43.9 Å². The predicted octanol–water partition coefficient (Wildman–Crippen LogP) is 5.92. The van der Waals surface area contributed by atoms with Crippen LogP contribution in [-0.2, 0) is 0 Å². The summed E-state index contributed by atoms with van der Waals surface area (Å²) in [6, 6.07) is 20.6. The van der Waals surface area contributed by atoms with Crippen molar-refractivity contribution in [3.8, 4) is 11.1 Å². The van der Waals surface area contributed by atoms with E-state index in [4.69, 9.17) is 11.6 Å². The highest BCUT2D eigenvalue weighted by molar-refractivity contribution is 9.10. The van der Waals surface area contributed by atoms with Gasteiger partial charge in [-0.3, -0.25) is 0 Å². The normalized spacial score (nSPS) is 10.8. The number of rotatable bonds is 1. The van der Waals surface area contributed by atoms with Gasteiger partial charge in [0.15, 0.2) is 0 Å². The molecule has 0 heterocycles. The number of hydrogen-bond donors (Lipinski definition) is 0. The largest absolute Gasteiger partial charge is 0.0831 e. The molecule has 0 nitrogen and oxygen atoms in total. The molecule has 0 unspecified atom stereocenters. The van der Waals surface area contributed by atoms with Crippen LogP contribution in [0.2, 0.25) is 5.02 Å². The maximum absolute atomic E-state index is 6.17. The minimum Gasteiger partial charge on any atom is -0.0831 e. The molecule has 3 aromatic rings. The summed E-state index contributed by atoms with van der Waals surface area (Å²) < 4.78 is 0.947. The second-order valence-corrected chi connectivity index (χ2v) is 5.33. The third kappa shape index (κ3) is 1.94. The molecule has 0 radical (unpaired) electrons. The van der Waals surface area contributed by atoms with Crippen molar-refractivity contribution in [3.63, 3.8) is 0 Å². The lowest BCUT2D eigenvalue weighted by Gasteiger charge is -2.09. The maximum Gasteiger partial charge on any atom is 0.0554 e. The first-order chi connectivity index (χ1) is 8.77. The molecular formula is C16H10BrCl. The summed E-state index contributed by atoms with van der Waals surface area (Å²) in [4.78, 5) is 0. The monoisotopic (exact) mass is 316 g/mol. The summed E-state index contributed by atoms with van der Waals surface area (Å²) in [6.07, 6.45) is 0. The van der Waals surface area contributed by atoms with Gasteiger partial charge in [-0.2, -0.15) is 0 Å². The average molecular weight is 318 g/mol. The van der Waals surface area contributed by atoms with E-state index in [0.717, 1.165) is 15.1 Å². The zero-order valence-electron chi connectivity index (χ0n) is 9.53. The van der Waals surface area contributed by atoms with Crippen molar-refractivity contribution in [1.29, 1.82) is 0 Å². The molecule has 0 saturated heterocycles. The number of halogens is 2. The maximum atomic E-state index is 6.17. The fraction of sp³-hybridized carbons (Fsp3) is 0. The van der Waals surface area contributed by atoms with E-state index >= 15 is 0 Å². The zero-order valence-corrected chi connectivity index (χ0v) is 11.9. The summed E-state index contributed by atoms with van der Waals surface area (Å²) in [6.45, 7) is 0. The number of hydrogen-bond acceptors (Lipinski definition) is 0. The van der Waals surface area contributed by atoms with Gasteiger partial charge in [-0.1, -0.05) is 66.2 Å². The molecule has 18 heavy (non-hydrogen) atoms. The molecule has 3 rings (SSSR count). The fourth-order valence-corrected chi connectivity index (χ4v) is 2.82. The average Bonchev–Trinajstić information content (AvgIpc) is 2.41. The van der Waals surface area contributed by atoms with Crippen molar-refractivity contribution in [1.82, 2.24) is 0 Å². The summed E-state index contributed by atoms with van der Waals surface area (Å²) >= 11 is 9.74. The van der Waals surface area contributed by atoms with E-state index < -0.39 is 0 Å². The van der Waals surface area contributed by atoms with Crippen LogP contribution in [0.25, 0.3) is 21.9 Å². The lowest BCUT2D eigenvalue weighted by atomic mass is 9.98. The van der Waals surface area contributed by atoms with Crippen LogP contribution in [0.3, 0.4) is 0 Å². The summed E-state index contributed by atoms with van der Waals surface area (Å²) in [5, 5.41) is 3.21. The first-order valence-corrected chi connectivity index (χ1v) is 6.86. The Morgan fingerprint density at radius 1 is 0.722 bits per heavy atom. The van der Waals surface area contributed by atoms with Gasteiger partial charge < -0.3 is 0 Å². The van der Waals surface area contributed by atoms with Crippen LogP contribution in [0.4, 0.5) is 0 Å². The Bertz CT molecular complexity index is 714. The smallest absolute Gasteiger partial charge is 0.0554 e. The third-order valence-corrected chi connectivity index (χ3v) is 4.43. The van der Waals surface area contributed by atoms with Crippen LogP contribution >= 0.6 is 27.5 Å². The van der Waals surface area contributed by atoms with E-state index in [9.17, 15) is 0 Å². The van der Waals surface area contributed by atoms with E-state index in [2.05, 4.69) is 64.5 Å². The molecule has 0 aliphatic rings. The van der Waals surface area contributed by atoms with Crippen molar-refractivity contribution in [2.75, 3.05) is 0 Å². The topological polar surface area (TPSA) is 0 Å². The summed E-state index contributed by atoms with van der Waals surface area (Å²) in [5.41, 5.74) is 2.32. The van der Waals surface area contributed by atoms with Crippen LogP contribution in [0, 0.1) is 0 Å². The Kier molecular flexibility index (Phi) is 3.11. The Morgan fingerprint density at radius 2 is 1.39 bits per heavy atom. The van der Waals surface area contributed by atoms with Gasteiger partial charge in [0.25, 0.3) is 0 Å². The first-order valence-electron chi connectivity index (χ1n) is 5.69. The van der Waals surface area contributed by atoms with E-state index in [-0.39, 0.29) is 0 Å². The fourth-order valence-electron chi connectivity index (χ4n) is 2.17. The van der Waals surface area contributed by atoms with E-state index in [1.54, 1.807) is 0 Å². The van der Waals surface area contributed by atoms with Gasteiger partial charge in [0.2, 0.25) is 0 Å². The summed E-state index contributed by atoms with van der Waals surface area (Å²) in [5.74, 6) is 0. The van der Waals surface area contributed by atoms with Gasteiger partial charge in [0.05, 0.1) is 5.02 Å². The molecule has 0 saturated carbocycles. The highest BCUT2D eigenvalue weighted by Gasteiger charge is 2.08. The number of benzene rings is 3. The Morgan fingerprint density at radius 3 is 2.28 bits per heavy atom. The minimum atomic E-state index is 0.737. The molecule has 0 N–H and O–H groups in total. The molecule has 88 valence electrons. The highest BCUT2D eigenvalue weighted by atomic mass is 79.9. The standard InChI is InChI=1S/C16H10BrCl/c17-16-14(9-4-10-15(16)18)13-8-3-6-11-5-1-2-7-12(11)13/h1-10H. The molecule has 0 amide bonds. The third-order valence-electron chi connectivity index (χ3n) is 3.03. The molecule has 2 heteroatoms. The molecule has 3 aromatic carbocycles. The molecule has 0 spiro atoms. The molecule has 0 aliphatic heterocycles. The molecule has 0 bridgehead atoms. The Balaban J connectivity index is 2.35. The summed E-state index contributed by atoms with van der Waals surface area (Å²) in [7, 11) is 0. The molecule has 0 aromatic heterocycles. The van der Waals surface area contributed by atoms with Gasteiger partial charge in [-0.15, -0.1) is 0 Å².